The van der Waals surface area contributed by atoms with E-state index in [-0.39, 0.29) is 18.2 Å². The van der Waals surface area contributed by atoms with Crippen molar-refractivity contribution < 1.29 is 19.1 Å². The van der Waals surface area contributed by atoms with Crippen LogP contribution in [0.25, 0.3) is 0 Å². The smallest absolute Gasteiger partial charge is 0.244 e. The number of anilines is 2. The first-order valence-electron chi connectivity index (χ1n) is 7.84. The zero-order valence-corrected chi connectivity index (χ0v) is 15.5. The van der Waals surface area contributed by atoms with Crippen LogP contribution in [-0.4, -0.2) is 31.3 Å². The minimum Gasteiger partial charge on any atom is -0.495 e. The molecule has 0 saturated heterocycles. The van der Waals surface area contributed by atoms with Gasteiger partial charge in [-0.2, -0.15) is 0 Å². The van der Waals surface area contributed by atoms with Crippen molar-refractivity contribution in [1.29, 1.82) is 0 Å². The molecule has 2 amide bonds. The second-order valence-electron chi connectivity index (χ2n) is 5.60. The maximum atomic E-state index is 12.4. The summed E-state index contributed by atoms with van der Waals surface area (Å²) in [6.07, 6.45) is 0. The van der Waals surface area contributed by atoms with E-state index >= 15 is 0 Å². The second kappa shape index (κ2) is 8.49. The average molecular weight is 375 g/mol. The van der Waals surface area contributed by atoms with E-state index in [2.05, 4.69) is 5.32 Å². The largest absolute Gasteiger partial charge is 0.495 e. The monoisotopic (exact) mass is 374 g/mol. The molecule has 0 saturated carbocycles. The molecule has 2 aromatic carbocycles. The quantitative estimate of drug-likeness (QED) is 0.784. The van der Waals surface area contributed by atoms with Gasteiger partial charge in [-0.25, -0.2) is 0 Å². The van der Waals surface area contributed by atoms with Crippen molar-refractivity contribution in [3.63, 3.8) is 0 Å². The molecular formula is C19H19ClN2O4. The zero-order valence-electron chi connectivity index (χ0n) is 14.7. The molecule has 0 unspecified atom stereocenters. The highest BCUT2D eigenvalue weighted by Gasteiger charge is 2.20. The highest BCUT2D eigenvalue weighted by molar-refractivity contribution is 6.31. The van der Waals surface area contributed by atoms with Gasteiger partial charge in [0.25, 0.3) is 0 Å². The van der Waals surface area contributed by atoms with Crippen LogP contribution in [0.1, 0.15) is 24.2 Å². The van der Waals surface area contributed by atoms with Crippen molar-refractivity contribution in [3.05, 3.63) is 53.1 Å². The third-order valence-corrected chi connectivity index (χ3v) is 3.92. The van der Waals surface area contributed by atoms with Crippen LogP contribution in [-0.2, 0) is 9.59 Å². The lowest BCUT2D eigenvalue weighted by molar-refractivity contribution is -0.120. The standard InChI is InChI=1S/C19H19ClN2O4/c1-12(23)14-4-7-16(8-5-14)21-19(25)11-22(13(2)24)17-10-15(20)6-9-18(17)26-3/h4-10H,11H2,1-3H3,(H,21,25). The fourth-order valence-corrected chi connectivity index (χ4v) is 2.54. The van der Waals surface area contributed by atoms with Gasteiger partial charge in [-0.3, -0.25) is 19.3 Å². The van der Waals surface area contributed by atoms with Crippen molar-refractivity contribution in [2.24, 2.45) is 0 Å². The van der Waals surface area contributed by atoms with Gasteiger partial charge in [0.2, 0.25) is 11.8 Å². The first kappa shape index (κ1) is 19.5. The van der Waals surface area contributed by atoms with Gasteiger partial charge < -0.3 is 10.1 Å². The number of nitrogens with one attached hydrogen (secondary N) is 1. The van der Waals surface area contributed by atoms with E-state index in [9.17, 15) is 14.4 Å². The molecule has 0 aliphatic carbocycles. The third kappa shape index (κ3) is 4.83. The van der Waals surface area contributed by atoms with E-state index in [4.69, 9.17) is 16.3 Å². The zero-order chi connectivity index (χ0) is 19.3. The molecule has 0 spiro atoms. The molecule has 0 fully saturated rings. The third-order valence-electron chi connectivity index (χ3n) is 3.69. The summed E-state index contributed by atoms with van der Waals surface area (Å²) >= 11 is 6.01. The lowest BCUT2D eigenvalue weighted by atomic mass is 10.1. The summed E-state index contributed by atoms with van der Waals surface area (Å²) < 4.78 is 5.25. The normalized spacial score (nSPS) is 10.2. The van der Waals surface area contributed by atoms with Crippen LogP contribution >= 0.6 is 11.6 Å². The molecule has 0 heterocycles. The number of nitrogens with zero attached hydrogens (tertiary/aromatic N) is 1. The number of hydrogen-bond acceptors (Lipinski definition) is 4. The van der Waals surface area contributed by atoms with E-state index in [0.717, 1.165) is 0 Å². The Balaban J connectivity index is 2.17. The van der Waals surface area contributed by atoms with Crippen LogP contribution in [0.3, 0.4) is 0 Å². The van der Waals surface area contributed by atoms with Gasteiger partial charge in [-0.15, -0.1) is 0 Å². The van der Waals surface area contributed by atoms with E-state index in [0.29, 0.717) is 27.7 Å². The summed E-state index contributed by atoms with van der Waals surface area (Å²) in [6.45, 7) is 2.62. The van der Waals surface area contributed by atoms with Crippen molar-refractivity contribution in [2.75, 3.05) is 23.9 Å². The molecule has 2 aromatic rings. The Bertz CT molecular complexity index is 834. The van der Waals surface area contributed by atoms with Crippen LogP contribution in [0.4, 0.5) is 11.4 Å². The van der Waals surface area contributed by atoms with Crippen molar-refractivity contribution in [3.8, 4) is 5.75 Å². The van der Waals surface area contributed by atoms with Gasteiger partial charge in [0, 0.05) is 23.2 Å². The molecule has 0 aromatic heterocycles. The highest BCUT2D eigenvalue weighted by Crippen LogP contribution is 2.31. The first-order valence-corrected chi connectivity index (χ1v) is 8.22. The Labute approximate surface area is 156 Å². The minimum atomic E-state index is -0.391. The Morgan fingerprint density at radius 3 is 2.27 bits per heavy atom. The summed E-state index contributed by atoms with van der Waals surface area (Å²) in [7, 11) is 1.47. The minimum absolute atomic E-state index is 0.0568. The predicted octanol–water partition coefficient (Wildman–Crippen LogP) is 3.54. The molecule has 0 aliphatic rings. The number of carbonyl (C=O) groups excluding carboxylic acids is 3. The maximum Gasteiger partial charge on any atom is 0.244 e. The molecular weight excluding hydrogens is 356 g/mol. The first-order chi connectivity index (χ1) is 12.3. The van der Waals surface area contributed by atoms with E-state index in [1.54, 1.807) is 42.5 Å². The number of ketones is 1. The summed E-state index contributed by atoms with van der Waals surface area (Å²) in [6, 6.07) is 11.3. The number of ether oxygens (including phenoxy) is 1. The molecule has 2 rings (SSSR count). The Morgan fingerprint density at radius 2 is 1.73 bits per heavy atom. The molecule has 136 valence electrons. The summed E-state index contributed by atoms with van der Waals surface area (Å²) in [5, 5.41) is 3.12. The maximum absolute atomic E-state index is 12.4. The van der Waals surface area contributed by atoms with Crippen molar-refractivity contribution >= 4 is 40.6 Å². The fourth-order valence-electron chi connectivity index (χ4n) is 2.37. The molecule has 6 nitrogen and oxygen atoms in total. The number of methoxy groups -OCH3 is 1. The van der Waals surface area contributed by atoms with Gasteiger partial charge in [-0.05, 0) is 49.4 Å². The summed E-state index contributed by atoms with van der Waals surface area (Å²) in [5.41, 5.74) is 1.49. The number of halogens is 1. The molecule has 0 aliphatic heterocycles. The van der Waals surface area contributed by atoms with Crippen LogP contribution in [0.15, 0.2) is 42.5 Å². The molecule has 0 bridgehead atoms. The molecule has 0 atom stereocenters. The number of rotatable bonds is 6. The molecule has 0 radical (unpaired) electrons. The average Bonchev–Trinajstić information content (AvgIpc) is 2.60. The number of benzene rings is 2. The fraction of sp³-hybridized carbons (Fsp3) is 0.211. The molecule has 7 heteroatoms. The Hall–Kier alpha value is -2.86. The number of hydrogen-bond donors (Lipinski definition) is 1. The van der Waals surface area contributed by atoms with Gasteiger partial charge >= 0.3 is 0 Å². The number of carbonyl (C=O) groups is 3. The van der Waals surface area contributed by atoms with E-state index in [1.807, 2.05) is 0 Å². The van der Waals surface area contributed by atoms with Crippen LogP contribution in [0, 0.1) is 0 Å². The molecule has 1 N–H and O–H groups in total. The van der Waals surface area contributed by atoms with Gasteiger partial charge in [0.05, 0.1) is 12.8 Å². The second-order valence-corrected chi connectivity index (χ2v) is 6.04. The topological polar surface area (TPSA) is 75.7 Å². The van der Waals surface area contributed by atoms with E-state index < -0.39 is 5.91 Å². The molecule has 26 heavy (non-hydrogen) atoms. The van der Waals surface area contributed by atoms with Crippen molar-refractivity contribution in [1.82, 2.24) is 0 Å². The Kier molecular flexibility index (Phi) is 6.36. The lowest BCUT2D eigenvalue weighted by Gasteiger charge is -2.23. The Morgan fingerprint density at radius 1 is 1.08 bits per heavy atom. The predicted molar refractivity (Wildman–Crippen MR) is 101 cm³/mol. The van der Waals surface area contributed by atoms with E-state index in [1.165, 1.54) is 25.9 Å². The van der Waals surface area contributed by atoms with Crippen LogP contribution in [0.5, 0.6) is 5.75 Å². The SMILES string of the molecule is COc1ccc(Cl)cc1N(CC(=O)Nc1ccc(C(C)=O)cc1)C(C)=O. The van der Waals surface area contributed by atoms with Crippen molar-refractivity contribution in [2.45, 2.75) is 13.8 Å². The van der Waals surface area contributed by atoms with Gasteiger partial charge in [0.15, 0.2) is 5.78 Å². The number of amides is 2. The summed E-state index contributed by atoms with van der Waals surface area (Å²) in [4.78, 5) is 37.0. The summed E-state index contributed by atoms with van der Waals surface area (Å²) in [5.74, 6) is -0.340. The number of Topliss-reactive ketones (excluding diaryl/α,β-unsaturated/α-hetero) is 1. The van der Waals surface area contributed by atoms with Crippen LogP contribution in [0.2, 0.25) is 5.02 Å². The highest BCUT2D eigenvalue weighted by atomic mass is 35.5. The van der Waals surface area contributed by atoms with Crippen LogP contribution < -0.4 is 15.0 Å². The van der Waals surface area contributed by atoms with Gasteiger partial charge in [-0.1, -0.05) is 11.6 Å². The van der Waals surface area contributed by atoms with Gasteiger partial charge in [0.1, 0.15) is 12.3 Å². The lowest BCUT2D eigenvalue weighted by Crippen LogP contribution is -2.36.